The van der Waals surface area contributed by atoms with Crippen molar-refractivity contribution >= 4 is 40.8 Å². The molecule has 0 fully saturated rings. The Morgan fingerprint density at radius 2 is 2.00 bits per heavy atom. The maximum absolute atomic E-state index is 12.3. The average molecular weight is 415 g/mol. The number of benzene rings is 2. The van der Waals surface area contributed by atoms with Gasteiger partial charge in [-0.15, -0.1) is 0 Å². The maximum Gasteiger partial charge on any atom is 0.345 e. The lowest BCUT2D eigenvalue weighted by Crippen LogP contribution is -2.12. The average Bonchev–Trinajstić information content (AvgIpc) is 2.67. The van der Waals surface area contributed by atoms with Crippen LogP contribution in [0.4, 0.5) is 23.3 Å². The van der Waals surface area contributed by atoms with Crippen LogP contribution in [0.5, 0.6) is 0 Å². The molecule has 2 aromatic carbocycles. The number of aryl methyl sites for hydroxylation is 1. The molecule has 0 unspecified atom stereocenters. The van der Waals surface area contributed by atoms with Crippen molar-refractivity contribution in [2.75, 3.05) is 11.1 Å². The van der Waals surface area contributed by atoms with Gasteiger partial charge in [0.1, 0.15) is 5.56 Å². The van der Waals surface area contributed by atoms with Crippen molar-refractivity contribution in [3.8, 4) is 0 Å². The number of anilines is 3. The largest absolute Gasteiger partial charge is 0.454 e. The summed E-state index contributed by atoms with van der Waals surface area (Å²) in [5.41, 5.74) is 6.75. The van der Waals surface area contributed by atoms with E-state index in [2.05, 4.69) is 20.3 Å². The number of hydrogen-bond acceptors (Lipinski definition) is 9. The first-order chi connectivity index (χ1) is 13.8. The highest BCUT2D eigenvalue weighted by atomic mass is 35.5. The topological polar surface area (TPSA) is 146 Å². The highest BCUT2D eigenvalue weighted by Gasteiger charge is 2.22. The number of halogens is 1. The number of ether oxygens (including phenoxy) is 1. The second-order valence-electron chi connectivity index (χ2n) is 5.87. The Bertz CT molecular complexity index is 1090. The summed E-state index contributed by atoms with van der Waals surface area (Å²) < 4.78 is 5.11. The molecular weight excluding hydrogens is 400 g/mol. The fourth-order valence-corrected chi connectivity index (χ4v) is 2.60. The molecular formula is C18H15ClN6O4. The van der Waals surface area contributed by atoms with Gasteiger partial charge in [-0.2, -0.15) is 15.0 Å². The van der Waals surface area contributed by atoms with E-state index in [1.807, 2.05) is 31.2 Å². The minimum atomic E-state index is -0.938. The molecule has 3 rings (SSSR count). The van der Waals surface area contributed by atoms with Crippen LogP contribution >= 0.6 is 11.6 Å². The van der Waals surface area contributed by atoms with Crippen molar-refractivity contribution in [1.29, 1.82) is 0 Å². The van der Waals surface area contributed by atoms with Crippen molar-refractivity contribution < 1.29 is 14.5 Å². The molecule has 1 heterocycles. The Labute approximate surface area is 169 Å². The lowest BCUT2D eigenvalue weighted by atomic mass is 10.2. The maximum atomic E-state index is 12.3. The molecule has 10 nitrogen and oxygen atoms in total. The predicted molar refractivity (Wildman–Crippen MR) is 106 cm³/mol. The molecule has 0 aliphatic heterocycles. The smallest absolute Gasteiger partial charge is 0.345 e. The number of aromatic nitrogens is 3. The van der Waals surface area contributed by atoms with Gasteiger partial charge < -0.3 is 15.8 Å². The number of rotatable bonds is 6. The number of nitro groups is 1. The summed E-state index contributed by atoms with van der Waals surface area (Å²) in [6.45, 7) is 1.55. The molecule has 148 valence electrons. The third kappa shape index (κ3) is 4.93. The lowest BCUT2D eigenvalue weighted by molar-refractivity contribution is -0.385. The number of para-hydroxylation sites is 1. The molecule has 11 heteroatoms. The molecule has 0 saturated carbocycles. The number of carbonyl (C=O) groups is 1. The van der Waals surface area contributed by atoms with Crippen molar-refractivity contribution in [3.63, 3.8) is 0 Å². The number of hydrogen-bond donors (Lipinski definition) is 2. The first-order valence-corrected chi connectivity index (χ1v) is 8.65. The first-order valence-electron chi connectivity index (χ1n) is 8.27. The third-order valence-corrected chi connectivity index (χ3v) is 4.03. The van der Waals surface area contributed by atoms with Crippen molar-refractivity contribution in [1.82, 2.24) is 15.0 Å². The minimum absolute atomic E-state index is 0.0733. The highest BCUT2D eigenvalue weighted by Crippen LogP contribution is 2.24. The van der Waals surface area contributed by atoms with Crippen molar-refractivity contribution in [2.45, 2.75) is 13.5 Å². The van der Waals surface area contributed by atoms with Gasteiger partial charge in [0.2, 0.25) is 11.9 Å². The minimum Gasteiger partial charge on any atom is -0.454 e. The van der Waals surface area contributed by atoms with Crippen LogP contribution < -0.4 is 11.1 Å². The fourth-order valence-electron chi connectivity index (χ4n) is 2.43. The Kier molecular flexibility index (Phi) is 5.84. The summed E-state index contributed by atoms with van der Waals surface area (Å²) in [7, 11) is 0. The van der Waals surface area contributed by atoms with Crippen LogP contribution in [0.15, 0.2) is 42.5 Å². The van der Waals surface area contributed by atoms with Crippen LogP contribution in [0.1, 0.15) is 21.7 Å². The van der Waals surface area contributed by atoms with Crippen LogP contribution in [-0.2, 0) is 11.3 Å². The Morgan fingerprint density at radius 3 is 2.72 bits per heavy atom. The molecule has 0 amide bonds. The van der Waals surface area contributed by atoms with E-state index in [1.165, 1.54) is 6.07 Å². The van der Waals surface area contributed by atoms with Gasteiger partial charge in [-0.25, -0.2) is 4.79 Å². The van der Waals surface area contributed by atoms with Crippen LogP contribution in [0.25, 0.3) is 0 Å². The van der Waals surface area contributed by atoms with Crippen molar-refractivity contribution in [3.05, 3.63) is 74.6 Å². The van der Waals surface area contributed by atoms with Crippen LogP contribution in [0.2, 0.25) is 5.02 Å². The van der Waals surface area contributed by atoms with Gasteiger partial charge in [-0.1, -0.05) is 29.8 Å². The van der Waals surface area contributed by atoms with Gasteiger partial charge >= 0.3 is 5.97 Å². The van der Waals surface area contributed by atoms with E-state index in [4.69, 9.17) is 22.1 Å². The summed E-state index contributed by atoms with van der Waals surface area (Å²) in [4.78, 5) is 34.8. The molecule has 0 aliphatic carbocycles. The second kappa shape index (κ2) is 8.48. The number of nitrogen functional groups attached to an aromatic ring is 1. The number of nitro benzene ring substituents is 1. The molecule has 3 N–H and O–H groups in total. The van der Waals surface area contributed by atoms with E-state index in [-0.39, 0.29) is 34.9 Å². The van der Waals surface area contributed by atoms with Crippen molar-refractivity contribution in [2.24, 2.45) is 0 Å². The second-order valence-corrected chi connectivity index (χ2v) is 6.30. The first kappa shape index (κ1) is 20.0. The Morgan fingerprint density at radius 1 is 1.24 bits per heavy atom. The van der Waals surface area contributed by atoms with Crippen LogP contribution in [0, 0.1) is 17.0 Å². The van der Waals surface area contributed by atoms with Gasteiger partial charge in [0.05, 0.1) is 4.92 Å². The van der Waals surface area contributed by atoms with Crippen LogP contribution in [-0.4, -0.2) is 25.8 Å². The Hall–Kier alpha value is -3.79. The van der Waals surface area contributed by atoms with Gasteiger partial charge in [0.15, 0.2) is 12.4 Å². The van der Waals surface area contributed by atoms with E-state index >= 15 is 0 Å². The van der Waals surface area contributed by atoms with E-state index in [9.17, 15) is 14.9 Å². The predicted octanol–water partition coefficient (Wildman–Crippen LogP) is 3.42. The summed E-state index contributed by atoms with van der Waals surface area (Å²) in [6, 6.07) is 11.1. The molecule has 1 aromatic heterocycles. The number of nitrogens with zero attached hydrogens (tertiary/aromatic N) is 4. The van der Waals surface area contributed by atoms with Gasteiger partial charge in [-0.3, -0.25) is 10.1 Å². The molecule has 3 aromatic rings. The zero-order chi connectivity index (χ0) is 21.0. The SMILES string of the molecule is Cc1ccccc1Nc1nc(N)nc(COC(=O)c2cc(Cl)ccc2[N+](=O)[O-])n1. The van der Waals surface area contributed by atoms with Gasteiger partial charge in [0, 0.05) is 16.8 Å². The van der Waals surface area contributed by atoms with E-state index in [0.29, 0.717) is 0 Å². The summed E-state index contributed by atoms with van der Waals surface area (Å²) in [6.07, 6.45) is 0. The van der Waals surface area contributed by atoms with Gasteiger partial charge in [-0.05, 0) is 30.7 Å². The van der Waals surface area contributed by atoms with E-state index < -0.39 is 16.6 Å². The number of carbonyl (C=O) groups excluding carboxylic acids is 1. The fraction of sp³-hybridized carbons (Fsp3) is 0.111. The molecule has 29 heavy (non-hydrogen) atoms. The molecule has 0 spiro atoms. The highest BCUT2D eigenvalue weighted by molar-refractivity contribution is 6.31. The normalized spacial score (nSPS) is 10.4. The zero-order valence-electron chi connectivity index (χ0n) is 15.1. The monoisotopic (exact) mass is 414 g/mol. The summed E-state index contributed by atoms with van der Waals surface area (Å²) in [5, 5.41) is 14.3. The third-order valence-electron chi connectivity index (χ3n) is 3.80. The number of esters is 1. The molecule has 0 bridgehead atoms. The summed E-state index contributed by atoms with van der Waals surface area (Å²) >= 11 is 5.83. The lowest BCUT2D eigenvalue weighted by Gasteiger charge is -2.10. The zero-order valence-corrected chi connectivity index (χ0v) is 15.9. The quantitative estimate of drug-likeness (QED) is 0.351. The van der Waals surface area contributed by atoms with Crippen LogP contribution in [0.3, 0.4) is 0 Å². The number of nitrogens with one attached hydrogen (secondary N) is 1. The molecule has 0 saturated heterocycles. The summed E-state index contributed by atoms with van der Waals surface area (Å²) in [5.74, 6) is -0.763. The molecule has 0 aliphatic rings. The number of nitrogens with two attached hydrogens (primary N) is 1. The standard InChI is InChI=1S/C18H15ClN6O4/c1-10-4-2-3-5-13(10)21-18-23-15(22-17(20)24-18)9-29-16(26)12-8-11(19)6-7-14(12)25(27)28/h2-8H,9H2,1H3,(H3,20,21,22,23,24). The van der Waals surface area contributed by atoms with E-state index in [0.717, 1.165) is 23.4 Å². The Balaban J connectivity index is 1.77. The molecule has 0 atom stereocenters. The molecule has 0 radical (unpaired) electrons. The van der Waals surface area contributed by atoms with E-state index in [1.54, 1.807) is 0 Å². The van der Waals surface area contributed by atoms with Gasteiger partial charge in [0.25, 0.3) is 5.69 Å².